The number of anilines is 1. The highest BCUT2D eigenvalue weighted by Gasteiger charge is 2.43. The van der Waals surface area contributed by atoms with Gasteiger partial charge in [0.05, 0.1) is 11.5 Å². The lowest BCUT2D eigenvalue weighted by atomic mass is 9.91. The van der Waals surface area contributed by atoms with E-state index in [1.807, 2.05) is 6.07 Å². The molecule has 4 rings (SSSR count). The largest absolute Gasteiger partial charge is 0.399 e. The van der Waals surface area contributed by atoms with Gasteiger partial charge in [-0.3, -0.25) is 4.79 Å². The van der Waals surface area contributed by atoms with Crippen molar-refractivity contribution in [3.63, 3.8) is 0 Å². The maximum atomic E-state index is 12.3. The van der Waals surface area contributed by atoms with E-state index in [9.17, 15) is 18.0 Å². The fraction of sp³-hybridized carbons (Fsp3) is 0.533. The average Bonchev–Trinajstić information content (AvgIpc) is 3.62. The molecule has 1 saturated carbocycles. The van der Waals surface area contributed by atoms with Crippen molar-refractivity contribution in [2.24, 2.45) is 17.8 Å². The maximum absolute atomic E-state index is 12.3. The predicted octanol–water partition coefficient (Wildman–Crippen LogP) is 7.01. The summed E-state index contributed by atoms with van der Waals surface area (Å²) < 4.78 is 37.0. The van der Waals surface area contributed by atoms with Gasteiger partial charge in [0.2, 0.25) is 0 Å². The van der Waals surface area contributed by atoms with Gasteiger partial charge < -0.3 is 14.7 Å². The Balaban J connectivity index is 0.000000324. The molecule has 1 aromatic heterocycles. The van der Waals surface area contributed by atoms with Crippen LogP contribution in [0.15, 0.2) is 55.1 Å². The second kappa shape index (κ2) is 14.2. The average molecular weight is 567 g/mol. The minimum atomic E-state index is -4.25. The Morgan fingerprint density at radius 1 is 1.13 bits per heavy atom. The van der Waals surface area contributed by atoms with Crippen molar-refractivity contribution in [1.29, 1.82) is 0 Å². The topological polar surface area (TPSA) is 39.7 Å². The fourth-order valence-corrected chi connectivity index (χ4v) is 5.43. The van der Waals surface area contributed by atoms with Crippen molar-refractivity contribution in [1.82, 2.24) is 14.8 Å². The molecule has 5 nitrogen and oxygen atoms in total. The van der Waals surface area contributed by atoms with Crippen molar-refractivity contribution in [3.8, 4) is 0 Å². The van der Waals surface area contributed by atoms with E-state index in [-0.39, 0.29) is 18.9 Å². The number of piperidine rings is 1. The molecule has 1 aliphatic carbocycles. The summed E-state index contributed by atoms with van der Waals surface area (Å²) in [5.74, 6) is 1.89. The van der Waals surface area contributed by atoms with Gasteiger partial charge in [0.1, 0.15) is 11.0 Å². The first-order chi connectivity index (χ1) is 17.9. The van der Waals surface area contributed by atoms with Crippen LogP contribution < -0.4 is 4.90 Å². The number of pyridine rings is 1. The first-order valence-corrected chi connectivity index (χ1v) is 13.3. The van der Waals surface area contributed by atoms with Gasteiger partial charge in [0.25, 0.3) is 5.91 Å². The molecule has 3 unspecified atom stereocenters. The number of amides is 1. The Morgan fingerprint density at radius 3 is 2.23 bits per heavy atom. The van der Waals surface area contributed by atoms with Crippen LogP contribution in [0.25, 0.3) is 0 Å². The molecular formula is C30H42ClF3N4O. The summed E-state index contributed by atoms with van der Waals surface area (Å²) in [6.45, 7) is 6.47. The monoisotopic (exact) mass is 566 g/mol. The fourth-order valence-electron chi connectivity index (χ4n) is 5.20. The van der Waals surface area contributed by atoms with Crippen LogP contribution in [0.3, 0.4) is 0 Å². The highest BCUT2D eigenvalue weighted by molar-refractivity contribution is 6.32. The molecule has 3 atom stereocenters. The minimum Gasteiger partial charge on any atom is -0.357 e. The molecule has 1 saturated heterocycles. The van der Waals surface area contributed by atoms with E-state index in [1.54, 1.807) is 38.4 Å². The van der Waals surface area contributed by atoms with Gasteiger partial charge in [0, 0.05) is 33.7 Å². The Kier molecular flexibility index (Phi) is 11.9. The maximum Gasteiger partial charge on any atom is 0.399 e. The SMILES string of the molecule is C.C=CC(c1ccccc1)C(F)(F)F.CN(C)CC1CC1C1CCN(c2ccc(C(=O)N(C)C)c(Cl)n2)CC1. The number of hydrogen-bond donors (Lipinski definition) is 0. The molecule has 2 fully saturated rings. The lowest BCUT2D eigenvalue weighted by molar-refractivity contribution is -0.139. The lowest BCUT2D eigenvalue weighted by Crippen LogP contribution is -2.35. The zero-order chi connectivity index (χ0) is 28.0. The van der Waals surface area contributed by atoms with Gasteiger partial charge in [-0.15, -0.1) is 6.58 Å². The van der Waals surface area contributed by atoms with E-state index in [0.717, 1.165) is 42.7 Å². The third-order valence-electron chi connectivity index (χ3n) is 7.26. The number of halogens is 4. The molecule has 0 bridgehead atoms. The zero-order valence-electron chi connectivity index (χ0n) is 22.6. The number of rotatable bonds is 7. The Morgan fingerprint density at radius 2 is 1.74 bits per heavy atom. The first-order valence-electron chi connectivity index (χ1n) is 12.9. The molecule has 0 N–H and O–H groups in total. The summed E-state index contributed by atoms with van der Waals surface area (Å²) in [6.07, 6.45) is 0.519. The van der Waals surface area contributed by atoms with Gasteiger partial charge >= 0.3 is 6.18 Å². The molecule has 0 spiro atoms. The van der Waals surface area contributed by atoms with Gasteiger partial charge in [-0.25, -0.2) is 4.98 Å². The first kappa shape index (κ1) is 32.6. The zero-order valence-corrected chi connectivity index (χ0v) is 23.3. The van der Waals surface area contributed by atoms with Crippen LogP contribution in [0.2, 0.25) is 5.15 Å². The van der Waals surface area contributed by atoms with Gasteiger partial charge in [-0.2, -0.15) is 13.2 Å². The van der Waals surface area contributed by atoms with E-state index >= 15 is 0 Å². The van der Waals surface area contributed by atoms with E-state index in [4.69, 9.17) is 11.6 Å². The molecule has 2 aromatic rings. The van der Waals surface area contributed by atoms with Crippen LogP contribution in [0.4, 0.5) is 19.0 Å². The molecule has 0 radical (unpaired) electrons. The highest BCUT2D eigenvalue weighted by Crippen LogP contribution is 2.48. The third kappa shape index (κ3) is 8.97. The molecule has 9 heteroatoms. The minimum absolute atomic E-state index is 0. The Bertz CT molecular complexity index is 1070. The molecular weight excluding hydrogens is 525 g/mol. The highest BCUT2D eigenvalue weighted by atomic mass is 35.5. The summed E-state index contributed by atoms with van der Waals surface area (Å²) in [6, 6.07) is 11.5. The van der Waals surface area contributed by atoms with Crippen LogP contribution in [0, 0.1) is 17.8 Å². The normalized spacial score (nSPS) is 19.9. The number of nitrogens with zero attached hydrogens (tertiary/aromatic N) is 4. The van der Waals surface area contributed by atoms with E-state index in [1.165, 1.54) is 42.8 Å². The van der Waals surface area contributed by atoms with Gasteiger partial charge in [0.15, 0.2) is 0 Å². The van der Waals surface area contributed by atoms with E-state index in [0.29, 0.717) is 10.7 Å². The Hall–Kier alpha value is -2.58. The van der Waals surface area contributed by atoms with Crippen molar-refractivity contribution in [2.45, 2.75) is 38.8 Å². The number of carbonyl (C=O) groups excluding carboxylic acids is 1. The van der Waals surface area contributed by atoms with Gasteiger partial charge in [-0.05, 0) is 68.8 Å². The van der Waals surface area contributed by atoms with Crippen LogP contribution >= 0.6 is 11.6 Å². The van der Waals surface area contributed by atoms with Crippen LogP contribution in [-0.4, -0.2) is 74.7 Å². The molecule has 1 aromatic carbocycles. The smallest absolute Gasteiger partial charge is 0.357 e. The number of alkyl halides is 3. The van der Waals surface area contributed by atoms with Gasteiger partial charge in [-0.1, -0.05) is 55.4 Å². The summed E-state index contributed by atoms with van der Waals surface area (Å²) in [4.78, 5) is 22.7. The van der Waals surface area contributed by atoms with Crippen LogP contribution in [0.1, 0.15) is 48.5 Å². The summed E-state index contributed by atoms with van der Waals surface area (Å²) >= 11 is 6.25. The third-order valence-corrected chi connectivity index (χ3v) is 7.55. The number of allylic oxidation sites excluding steroid dienone is 1. The quantitative estimate of drug-likeness (QED) is 0.267. The number of aromatic nitrogens is 1. The van der Waals surface area contributed by atoms with Crippen LogP contribution in [-0.2, 0) is 0 Å². The lowest BCUT2D eigenvalue weighted by Gasteiger charge is -2.33. The molecule has 2 heterocycles. The molecule has 1 amide bonds. The molecule has 2 aliphatic rings. The second-order valence-electron chi connectivity index (χ2n) is 10.6. The Labute approximate surface area is 236 Å². The summed E-state index contributed by atoms with van der Waals surface area (Å²) in [5, 5.41) is 0.298. The second-order valence-corrected chi connectivity index (χ2v) is 11.0. The standard InChI is InChI=1S/C19H29ClN4O.C10H9F3.CH4/c1-22(2)12-14-11-16(14)13-7-9-24(10-8-13)17-6-5-15(18(20)21-17)19(25)23(3)4;1-2-9(10(11,12)13)8-6-4-3-5-7-8;/h5-6,13-14,16H,7-12H2,1-4H3;2-7,9H,1H2;1H4. The van der Waals surface area contributed by atoms with Crippen molar-refractivity contribution in [3.05, 3.63) is 71.4 Å². The number of benzene rings is 1. The number of carbonyl (C=O) groups is 1. The summed E-state index contributed by atoms with van der Waals surface area (Å²) in [7, 11) is 7.77. The summed E-state index contributed by atoms with van der Waals surface area (Å²) in [5.41, 5.74) is 0.694. The molecule has 39 heavy (non-hydrogen) atoms. The van der Waals surface area contributed by atoms with E-state index in [2.05, 4.69) is 35.5 Å². The number of hydrogen-bond acceptors (Lipinski definition) is 4. The van der Waals surface area contributed by atoms with Crippen LogP contribution in [0.5, 0.6) is 0 Å². The molecule has 1 aliphatic heterocycles. The molecule has 216 valence electrons. The van der Waals surface area contributed by atoms with Crippen molar-refractivity contribution >= 4 is 23.3 Å². The van der Waals surface area contributed by atoms with Crippen molar-refractivity contribution < 1.29 is 18.0 Å². The van der Waals surface area contributed by atoms with Crippen molar-refractivity contribution in [2.75, 3.05) is 52.7 Å². The predicted molar refractivity (Wildman–Crippen MR) is 155 cm³/mol. The van der Waals surface area contributed by atoms with E-state index < -0.39 is 12.1 Å².